The van der Waals surface area contributed by atoms with Gasteiger partial charge in [0.15, 0.2) is 0 Å². The van der Waals surface area contributed by atoms with Crippen molar-refractivity contribution in [2.45, 2.75) is 30.7 Å². The average Bonchev–Trinajstić information content (AvgIpc) is 2.63. The monoisotopic (exact) mass is 302 g/mol. The van der Waals surface area contributed by atoms with Crippen molar-refractivity contribution in [3.05, 3.63) is 41.5 Å². The Morgan fingerprint density at radius 2 is 2.21 bits per heavy atom. The first-order valence-electron chi connectivity index (χ1n) is 5.33. The molecule has 0 spiro atoms. The third-order valence-electron chi connectivity index (χ3n) is 2.55. The van der Waals surface area contributed by atoms with Crippen LogP contribution in [-0.4, -0.2) is 20.9 Å². The average molecular weight is 300 g/mol. The second-order valence-corrected chi connectivity index (χ2v) is 6.56. The van der Waals surface area contributed by atoms with Crippen LogP contribution in [0.25, 0.3) is 3.62 Å². The minimum absolute atomic E-state index is 0.115. The van der Waals surface area contributed by atoms with Gasteiger partial charge in [-0.25, -0.2) is 0 Å². The fourth-order valence-corrected chi connectivity index (χ4v) is 5.02. The van der Waals surface area contributed by atoms with Gasteiger partial charge in [0.2, 0.25) is 0 Å². The fraction of sp³-hybridized carbons (Fsp3) is 0.385. The summed E-state index contributed by atoms with van der Waals surface area (Å²) >= 11 is 0.115. The summed E-state index contributed by atoms with van der Waals surface area (Å²) in [5.74, 6) is 0. The topological polar surface area (TPSA) is 0 Å². The number of allylic oxidation sites excluding steroid dienone is 1. The predicted octanol–water partition coefficient (Wildman–Crippen LogP) is 3.44. The number of hydrogen-bond donors (Lipinski definition) is 0. The van der Waals surface area contributed by atoms with Crippen LogP contribution in [0, 0.1) is 0 Å². The number of benzene rings is 1. The summed E-state index contributed by atoms with van der Waals surface area (Å²) in [5.41, 5.74) is 3.16. The number of rotatable bonds is 3. The molecule has 14 heavy (non-hydrogen) atoms. The summed E-state index contributed by atoms with van der Waals surface area (Å²) < 4.78 is 3.08. The summed E-state index contributed by atoms with van der Waals surface area (Å²) in [6.07, 6.45) is 6.44. The van der Waals surface area contributed by atoms with Crippen LogP contribution in [0.3, 0.4) is 0 Å². The van der Waals surface area contributed by atoms with Crippen molar-refractivity contribution >= 4 is 24.5 Å². The first-order chi connectivity index (χ1) is 6.92. The van der Waals surface area contributed by atoms with Gasteiger partial charge in [0, 0.05) is 0 Å². The molecule has 0 aromatic heterocycles. The molecule has 1 aromatic carbocycles. The van der Waals surface area contributed by atoms with Gasteiger partial charge in [0.05, 0.1) is 0 Å². The van der Waals surface area contributed by atoms with Gasteiger partial charge in [-0.1, -0.05) is 0 Å². The molecule has 0 atom stereocenters. The van der Waals surface area contributed by atoms with E-state index in [2.05, 4.69) is 37.3 Å². The van der Waals surface area contributed by atoms with Crippen LogP contribution >= 0.6 is 0 Å². The molecule has 1 aromatic rings. The third-order valence-corrected chi connectivity index (χ3v) is 5.84. The number of unbranched alkanes of at least 4 members (excludes halogenated alkanes) is 2. The summed E-state index contributed by atoms with van der Waals surface area (Å²) in [6.45, 7) is 2.26. The Morgan fingerprint density at radius 3 is 3.07 bits per heavy atom. The van der Waals surface area contributed by atoms with Gasteiger partial charge in [-0.3, -0.25) is 0 Å². The fourth-order valence-electron chi connectivity index (χ4n) is 1.73. The molecule has 0 amide bonds. The molecule has 0 unspecified atom stereocenters. The second-order valence-electron chi connectivity index (χ2n) is 3.66. The molecule has 0 saturated heterocycles. The minimum atomic E-state index is 0.115. The van der Waals surface area contributed by atoms with E-state index in [4.69, 9.17) is 0 Å². The molecule has 1 aliphatic rings. The third kappa shape index (κ3) is 2.22. The van der Waals surface area contributed by atoms with Gasteiger partial charge < -0.3 is 0 Å². The quantitative estimate of drug-likeness (QED) is 0.592. The molecule has 1 heterocycles. The second kappa shape index (κ2) is 5.01. The van der Waals surface area contributed by atoms with Crippen molar-refractivity contribution in [2.75, 3.05) is 0 Å². The van der Waals surface area contributed by atoms with Crippen LogP contribution in [0.4, 0.5) is 0 Å². The zero-order chi connectivity index (χ0) is 9.80. The zero-order valence-corrected chi connectivity index (χ0v) is 11.0. The number of hydrogen-bond acceptors (Lipinski definition) is 0. The molecule has 0 bridgehead atoms. The van der Waals surface area contributed by atoms with Crippen molar-refractivity contribution in [3.63, 3.8) is 0 Å². The molecule has 74 valence electrons. The Hall–Kier alpha value is -0.250. The molecule has 1 heteroatoms. The summed E-state index contributed by atoms with van der Waals surface area (Å²) in [6, 6.07) is 8.93. The van der Waals surface area contributed by atoms with Crippen molar-refractivity contribution in [2.24, 2.45) is 0 Å². The molecule has 1 aliphatic heterocycles. The van der Waals surface area contributed by atoms with Crippen LogP contribution in [0.5, 0.6) is 0 Å². The van der Waals surface area contributed by atoms with E-state index >= 15 is 0 Å². The predicted molar refractivity (Wildman–Crippen MR) is 63.4 cm³/mol. The molecule has 0 aliphatic carbocycles. The van der Waals surface area contributed by atoms with E-state index in [0.29, 0.717) is 0 Å². The van der Waals surface area contributed by atoms with Crippen molar-refractivity contribution in [1.82, 2.24) is 0 Å². The first kappa shape index (κ1) is 10.3. The van der Waals surface area contributed by atoms with Gasteiger partial charge in [-0.15, -0.1) is 0 Å². The Balaban J connectivity index is 2.13. The van der Waals surface area contributed by atoms with Crippen LogP contribution in [0.15, 0.2) is 30.3 Å². The molecule has 2 rings (SSSR count). The van der Waals surface area contributed by atoms with E-state index in [-0.39, 0.29) is 20.9 Å². The molecular weight excluding hydrogens is 284 g/mol. The normalized spacial score (nSPS) is 17.4. The van der Waals surface area contributed by atoms with Crippen LogP contribution < -0.4 is 0 Å². The Bertz CT molecular complexity index is 339. The van der Waals surface area contributed by atoms with E-state index in [1.54, 1.807) is 14.7 Å². The van der Waals surface area contributed by atoms with E-state index in [1.807, 2.05) is 0 Å². The van der Waals surface area contributed by atoms with Crippen molar-refractivity contribution in [1.29, 1.82) is 0 Å². The van der Waals surface area contributed by atoms with E-state index in [0.717, 1.165) is 0 Å². The SMILES string of the molecule is CCCC/C=C1\[Te]Cc2ccccc21. The number of fused-ring (bicyclic) bond motifs is 1. The summed E-state index contributed by atoms with van der Waals surface area (Å²) in [5, 5.41) is 0. The first-order valence-corrected chi connectivity index (χ1v) is 8.14. The van der Waals surface area contributed by atoms with Crippen LogP contribution in [0.1, 0.15) is 37.3 Å². The Morgan fingerprint density at radius 1 is 1.36 bits per heavy atom. The van der Waals surface area contributed by atoms with Crippen molar-refractivity contribution in [3.8, 4) is 0 Å². The van der Waals surface area contributed by atoms with E-state index in [9.17, 15) is 0 Å². The molecule has 0 N–H and O–H groups in total. The summed E-state index contributed by atoms with van der Waals surface area (Å²) in [7, 11) is 0. The van der Waals surface area contributed by atoms with Crippen LogP contribution in [0.2, 0.25) is 0 Å². The van der Waals surface area contributed by atoms with Crippen molar-refractivity contribution < 1.29 is 0 Å². The molecule has 0 saturated carbocycles. The van der Waals surface area contributed by atoms with Gasteiger partial charge >= 0.3 is 96.7 Å². The summed E-state index contributed by atoms with van der Waals surface area (Å²) in [4.78, 5) is 0. The van der Waals surface area contributed by atoms with Gasteiger partial charge in [0.1, 0.15) is 0 Å². The maximum absolute atomic E-state index is 2.50. The van der Waals surface area contributed by atoms with Gasteiger partial charge in [-0.2, -0.15) is 0 Å². The molecular formula is C13H16Te. The molecule has 0 nitrogen and oxygen atoms in total. The van der Waals surface area contributed by atoms with E-state index < -0.39 is 0 Å². The maximum atomic E-state index is 2.50. The van der Waals surface area contributed by atoms with Crippen LogP contribution in [-0.2, 0) is 4.47 Å². The van der Waals surface area contributed by atoms with E-state index in [1.165, 1.54) is 23.7 Å². The Kier molecular flexibility index (Phi) is 3.67. The van der Waals surface area contributed by atoms with Gasteiger partial charge in [-0.05, 0) is 0 Å². The Labute approximate surface area is 96.5 Å². The zero-order valence-electron chi connectivity index (χ0n) is 8.62. The van der Waals surface area contributed by atoms with Gasteiger partial charge in [0.25, 0.3) is 0 Å². The molecule has 0 radical (unpaired) electrons. The molecule has 0 fully saturated rings. The standard InChI is InChI=1S/C13H16Te/c1-2-3-4-9-13-12-8-6-5-7-11(12)10-14-13/h5-9H,2-4,10H2,1H3/b13-9-.